The molecule has 0 spiro atoms. The number of carbonyl (C=O) groups excluding carboxylic acids is 1. The summed E-state index contributed by atoms with van der Waals surface area (Å²) in [5.41, 5.74) is 1.06. The molecular formula is C26H25ClF4N4O6S2. The number of benzene rings is 1. The van der Waals surface area contributed by atoms with Crippen LogP contribution in [0.25, 0.3) is 0 Å². The van der Waals surface area contributed by atoms with E-state index < -0.39 is 27.8 Å². The summed E-state index contributed by atoms with van der Waals surface area (Å²) < 4.78 is 76.9. The Kier molecular flexibility index (Phi) is 9.93. The van der Waals surface area contributed by atoms with Crippen molar-refractivity contribution in [1.82, 2.24) is 14.9 Å². The van der Waals surface area contributed by atoms with Gasteiger partial charge in [-0.05, 0) is 49.6 Å². The lowest BCUT2D eigenvalue weighted by Crippen LogP contribution is -2.40. The number of halogens is 5. The largest absolute Gasteiger partial charge is 0.490 e. The zero-order valence-corrected chi connectivity index (χ0v) is 24.9. The molecule has 232 valence electrons. The van der Waals surface area contributed by atoms with Gasteiger partial charge in [0.1, 0.15) is 24.1 Å². The summed E-state index contributed by atoms with van der Waals surface area (Å²) in [7, 11) is -3.50. The van der Waals surface area contributed by atoms with Crippen LogP contribution in [0, 0.1) is 5.82 Å². The normalized spacial score (nSPS) is 15.9. The molecule has 4 heterocycles. The number of aromatic nitrogens is 2. The minimum atomic E-state index is -5.08. The van der Waals surface area contributed by atoms with Gasteiger partial charge in [0.25, 0.3) is 0 Å². The highest BCUT2D eigenvalue weighted by Crippen LogP contribution is 2.38. The Hall–Kier alpha value is -3.34. The smallest absolute Gasteiger partial charge is 0.475 e. The number of sulfone groups is 1. The predicted octanol–water partition coefficient (Wildman–Crippen LogP) is 4.79. The standard InChI is InChI=1S/C24H24ClFN4O4S2.C2HF3O2/c1-36(32,33)16-2-3-19(18(26)12-16)30-11-8-17-23(30)27-14-28-24(17)34-15-6-9-29(10-7-15)13-20(31)21-4-5-22(25)35-21;3-2(4,5)1(6)7/h2-5,12,14-15H,6-11,13H2,1H3;(H,6,7). The molecule has 0 bridgehead atoms. The summed E-state index contributed by atoms with van der Waals surface area (Å²) in [5.74, 6) is -2.27. The molecule has 5 rings (SSSR count). The first-order chi connectivity index (χ1) is 20.1. The number of ether oxygens (including phenoxy) is 1. The maximum absolute atomic E-state index is 14.8. The molecule has 0 aliphatic carbocycles. The molecule has 43 heavy (non-hydrogen) atoms. The average Bonchev–Trinajstić information content (AvgIpc) is 3.56. The van der Waals surface area contributed by atoms with Crippen molar-refractivity contribution in [2.45, 2.75) is 36.4 Å². The lowest BCUT2D eigenvalue weighted by molar-refractivity contribution is -0.192. The molecule has 0 saturated carbocycles. The van der Waals surface area contributed by atoms with E-state index in [0.717, 1.165) is 43.8 Å². The molecule has 1 saturated heterocycles. The van der Waals surface area contributed by atoms with E-state index in [0.29, 0.717) is 40.4 Å². The fourth-order valence-electron chi connectivity index (χ4n) is 4.53. The number of thiophene rings is 1. The summed E-state index contributed by atoms with van der Waals surface area (Å²) in [6.07, 6.45) is -0.604. The first-order valence-corrected chi connectivity index (χ1v) is 15.8. The van der Waals surface area contributed by atoms with Gasteiger partial charge in [-0.1, -0.05) is 11.6 Å². The fourth-order valence-corrected chi connectivity index (χ4v) is 6.14. The van der Waals surface area contributed by atoms with Crippen LogP contribution in [0.15, 0.2) is 41.6 Å². The van der Waals surface area contributed by atoms with Crippen LogP contribution in [-0.4, -0.2) is 84.9 Å². The third-order valence-electron chi connectivity index (χ3n) is 6.63. The van der Waals surface area contributed by atoms with Crippen molar-refractivity contribution >= 4 is 56.0 Å². The number of aliphatic carboxylic acids is 1. The highest BCUT2D eigenvalue weighted by molar-refractivity contribution is 7.90. The molecule has 3 aromatic rings. The van der Waals surface area contributed by atoms with E-state index in [9.17, 15) is 30.8 Å². The summed E-state index contributed by atoms with van der Waals surface area (Å²) in [4.78, 5) is 34.5. The molecule has 10 nitrogen and oxygen atoms in total. The van der Waals surface area contributed by atoms with Gasteiger partial charge in [-0.25, -0.2) is 27.6 Å². The van der Waals surface area contributed by atoms with Crippen molar-refractivity contribution in [3.63, 3.8) is 0 Å². The molecule has 17 heteroatoms. The molecule has 0 atom stereocenters. The number of hydrogen-bond donors (Lipinski definition) is 1. The Bertz CT molecular complexity index is 1610. The van der Waals surface area contributed by atoms with Crippen LogP contribution in [0.3, 0.4) is 0 Å². The molecule has 1 aromatic carbocycles. The van der Waals surface area contributed by atoms with Crippen LogP contribution in [0.4, 0.5) is 29.1 Å². The van der Waals surface area contributed by atoms with Crippen LogP contribution >= 0.6 is 22.9 Å². The third kappa shape index (κ3) is 8.19. The van der Waals surface area contributed by atoms with Crippen LogP contribution in [-0.2, 0) is 21.1 Å². The monoisotopic (exact) mass is 664 g/mol. The van der Waals surface area contributed by atoms with E-state index in [1.54, 1.807) is 17.0 Å². The maximum Gasteiger partial charge on any atom is 0.490 e. The van der Waals surface area contributed by atoms with E-state index in [2.05, 4.69) is 14.9 Å². The second-order valence-corrected chi connectivity index (χ2v) is 13.4. The number of fused-ring (bicyclic) bond motifs is 1. The number of carboxylic acids is 1. The van der Waals surface area contributed by atoms with Gasteiger partial charge in [0.05, 0.1) is 31.9 Å². The van der Waals surface area contributed by atoms with Gasteiger partial charge >= 0.3 is 12.1 Å². The summed E-state index contributed by atoms with van der Waals surface area (Å²) in [5, 5.41) is 7.12. The second kappa shape index (κ2) is 13.1. The second-order valence-electron chi connectivity index (χ2n) is 9.69. The Morgan fingerprint density at radius 2 is 1.81 bits per heavy atom. The van der Waals surface area contributed by atoms with Crippen LogP contribution in [0.1, 0.15) is 28.1 Å². The highest BCUT2D eigenvalue weighted by Gasteiger charge is 2.38. The number of piperidine rings is 1. The van der Waals surface area contributed by atoms with E-state index in [1.807, 2.05) is 0 Å². The van der Waals surface area contributed by atoms with E-state index in [4.69, 9.17) is 26.2 Å². The number of anilines is 2. The Balaban J connectivity index is 0.000000541. The number of ketones is 1. The van der Waals surface area contributed by atoms with Crippen molar-refractivity contribution in [1.29, 1.82) is 0 Å². The maximum atomic E-state index is 14.8. The van der Waals surface area contributed by atoms with Crippen molar-refractivity contribution in [2.75, 3.05) is 37.3 Å². The van der Waals surface area contributed by atoms with Crippen molar-refractivity contribution in [3.8, 4) is 5.88 Å². The topological polar surface area (TPSA) is 130 Å². The Morgan fingerprint density at radius 3 is 2.37 bits per heavy atom. The fraction of sp³-hybridized carbons (Fsp3) is 0.385. The first-order valence-electron chi connectivity index (χ1n) is 12.7. The molecule has 0 radical (unpaired) electrons. The Morgan fingerprint density at radius 1 is 1.14 bits per heavy atom. The van der Waals surface area contributed by atoms with Crippen LogP contribution < -0.4 is 9.64 Å². The quantitative estimate of drug-likeness (QED) is 0.278. The zero-order chi connectivity index (χ0) is 31.5. The summed E-state index contributed by atoms with van der Waals surface area (Å²) in [6.45, 7) is 2.29. The number of rotatable bonds is 7. The number of hydrogen-bond acceptors (Lipinski definition) is 10. The minimum Gasteiger partial charge on any atom is -0.475 e. The number of nitrogens with zero attached hydrogens (tertiary/aromatic N) is 4. The number of alkyl halides is 3. The molecular weight excluding hydrogens is 640 g/mol. The van der Waals surface area contributed by atoms with Gasteiger partial charge in [-0.15, -0.1) is 11.3 Å². The summed E-state index contributed by atoms with van der Waals surface area (Å²) in [6, 6.07) is 7.39. The number of carboxylic acid groups (broad SMARTS) is 1. The van der Waals surface area contributed by atoms with Crippen LogP contribution in [0.5, 0.6) is 5.88 Å². The molecule has 1 N–H and O–H groups in total. The SMILES string of the molecule is CS(=O)(=O)c1ccc(N2CCc3c(OC4CCN(CC(=O)c5ccc(Cl)s5)CC4)ncnc32)c(F)c1.O=C(O)C(F)(F)F. The van der Waals surface area contributed by atoms with Gasteiger partial charge in [0.15, 0.2) is 15.6 Å². The molecule has 1 fully saturated rings. The highest BCUT2D eigenvalue weighted by atomic mass is 35.5. The van der Waals surface area contributed by atoms with Gasteiger partial charge in [-0.3, -0.25) is 9.69 Å². The molecule has 2 aliphatic rings. The zero-order valence-electron chi connectivity index (χ0n) is 22.5. The van der Waals surface area contributed by atoms with Gasteiger partial charge in [0, 0.05) is 25.9 Å². The molecule has 0 amide bonds. The van der Waals surface area contributed by atoms with E-state index in [1.165, 1.54) is 29.8 Å². The summed E-state index contributed by atoms with van der Waals surface area (Å²) >= 11 is 7.24. The van der Waals surface area contributed by atoms with Crippen molar-refractivity contribution < 1.29 is 45.4 Å². The van der Waals surface area contributed by atoms with E-state index >= 15 is 0 Å². The molecule has 2 aliphatic heterocycles. The molecule has 0 unspecified atom stereocenters. The van der Waals surface area contributed by atoms with Gasteiger partial charge in [-0.2, -0.15) is 13.2 Å². The molecule has 2 aromatic heterocycles. The van der Waals surface area contributed by atoms with Crippen molar-refractivity contribution in [2.24, 2.45) is 0 Å². The predicted molar refractivity (Wildman–Crippen MR) is 150 cm³/mol. The Labute approximate surface area is 252 Å². The number of Topliss-reactive ketones (excluding diaryl/α,β-unsaturated/α-hetero) is 1. The average molecular weight is 665 g/mol. The third-order valence-corrected chi connectivity index (χ3v) is 9.02. The van der Waals surface area contributed by atoms with Gasteiger partial charge < -0.3 is 14.7 Å². The lowest BCUT2D eigenvalue weighted by Gasteiger charge is -2.31. The first kappa shape index (κ1) is 32.6. The lowest BCUT2D eigenvalue weighted by atomic mass is 10.1. The van der Waals surface area contributed by atoms with Crippen LogP contribution in [0.2, 0.25) is 4.34 Å². The van der Waals surface area contributed by atoms with Gasteiger partial charge in [0.2, 0.25) is 5.88 Å². The van der Waals surface area contributed by atoms with Crippen molar-refractivity contribution in [3.05, 3.63) is 57.3 Å². The van der Waals surface area contributed by atoms with E-state index in [-0.39, 0.29) is 22.5 Å². The number of likely N-dealkylation sites (tertiary alicyclic amines) is 1. The minimum absolute atomic E-state index is 0.0497. The number of carbonyl (C=O) groups is 2.